The molecule has 0 saturated carbocycles. The maximum Gasteiger partial charge on any atom is 0.295 e. The third kappa shape index (κ3) is 4.16. The van der Waals surface area contributed by atoms with Gasteiger partial charge in [0, 0.05) is 24.0 Å². The van der Waals surface area contributed by atoms with Crippen molar-refractivity contribution >= 4 is 12.1 Å². The normalized spacial score (nSPS) is 10.4. The largest absolute Gasteiger partial charge is 0.497 e. The minimum Gasteiger partial charge on any atom is -0.497 e. The number of carbonyl (C=O) groups excluding carboxylic acids is 1. The molecule has 0 radical (unpaired) electrons. The lowest BCUT2D eigenvalue weighted by atomic mass is 10.2. The molecule has 1 aromatic carbocycles. The summed E-state index contributed by atoms with van der Waals surface area (Å²) in [6.45, 7) is 0. The summed E-state index contributed by atoms with van der Waals surface area (Å²) in [6, 6.07) is 5.24. The monoisotopic (exact) mass is 316 g/mol. The fourth-order valence-corrected chi connectivity index (χ4v) is 1.75. The van der Waals surface area contributed by atoms with Crippen LogP contribution in [0.4, 0.5) is 0 Å². The summed E-state index contributed by atoms with van der Waals surface area (Å²) in [5, 5.41) is 3.89. The lowest BCUT2D eigenvalue weighted by Gasteiger charge is -2.06. The number of aromatic nitrogens is 2. The van der Waals surface area contributed by atoms with Crippen molar-refractivity contribution in [2.24, 2.45) is 5.10 Å². The Morgan fingerprint density at radius 2 is 1.70 bits per heavy atom. The Bertz CT molecular complexity index is 696. The zero-order chi connectivity index (χ0) is 16.7. The molecule has 0 aliphatic carbocycles. The first-order chi connectivity index (χ1) is 11.2. The van der Waals surface area contributed by atoms with Crippen LogP contribution in [0.15, 0.2) is 35.7 Å². The van der Waals surface area contributed by atoms with E-state index in [0.717, 1.165) is 0 Å². The van der Waals surface area contributed by atoms with E-state index < -0.39 is 5.91 Å². The highest BCUT2D eigenvalue weighted by atomic mass is 16.5. The molecule has 1 aromatic heterocycles. The molecule has 0 saturated heterocycles. The highest BCUT2D eigenvalue weighted by molar-refractivity contribution is 5.95. The molecule has 1 amide bonds. The van der Waals surface area contributed by atoms with Crippen LogP contribution in [0, 0.1) is 0 Å². The molecule has 2 aromatic rings. The molecule has 120 valence electrons. The average Bonchev–Trinajstić information content (AvgIpc) is 2.61. The standard InChI is InChI=1S/C15H16N4O4/c1-21-11-6-10(7-12(8-11)22-2)9-18-19-14(20)13-15(23-3)17-5-4-16-13/h4-9H,1-3H3,(H,19,20)/b18-9+. The van der Waals surface area contributed by atoms with Crippen LogP contribution in [0.25, 0.3) is 0 Å². The van der Waals surface area contributed by atoms with E-state index in [0.29, 0.717) is 17.1 Å². The molecule has 23 heavy (non-hydrogen) atoms. The van der Waals surface area contributed by atoms with Crippen LogP contribution >= 0.6 is 0 Å². The van der Waals surface area contributed by atoms with Crippen molar-refractivity contribution in [1.29, 1.82) is 0 Å². The van der Waals surface area contributed by atoms with E-state index in [9.17, 15) is 4.79 Å². The van der Waals surface area contributed by atoms with E-state index in [1.165, 1.54) is 25.7 Å². The van der Waals surface area contributed by atoms with Gasteiger partial charge in [0.2, 0.25) is 5.88 Å². The van der Waals surface area contributed by atoms with Crippen LogP contribution in [0.2, 0.25) is 0 Å². The molecule has 0 unspecified atom stereocenters. The van der Waals surface area contributed by atoms with Gasteiger partial charge in [-0.1, -0.05) is 0 Å². The van der Waals surface area contributed by atoms with Crippen molar-refractivity contribution in [1.82, 2.24) is 15.4 Å². The first-order valence-corrected chi connectivity index (χ1v) is 6.59. The summed E-state index contributed by atoms with van der Waals surface area (Å²) in [5.74, 6) is 0.838. The number of carbonyl (C=O) groups is 1. The zero-order valence-electron chi connectivity index (χ0n) is 12.9. The van der Waals surface area contributed by atoms with Gasteiger partial charge in [0.15, 0.2) is 5.69 Å². The fourth-order valence-electron chi connectivity index (χ4n) is 1.75. The van der Waals surface area contributed by atoms with Crippen LogP contribution in [0.1, 0.15) is 16.1 Å². The van der Waals surface area contributed by atoms with Crippen LogP contribution in [0.3, 0.4) is 0 Å². The summed E-state index contributed by atoms with van der Waals surface area (Å²) in [5.41, 5.74) is 3.12. The Kier molecular flexibility index (Phi) is 5.45. The van der Waals surface area contributed by atoms with Gasteiger partial charge < -0.3 is 14.2 Å². The summed E-state index contributed by atoms with van der Waals surface area (Å²) in [4.78, 5) is 19.8. The minimum atomic E-state index is -0.527. The smallest absolute Gasteiger partial charge is 0.295 e. The molecule has 0 atom stereocenters. The number of nitrogens with zero attached hydrogens (tertiary/aromatic N) is 3. The van der Waals surface area contributed by atoms with Gasteiger partial charge in [0.05, 0.1) is 27.5 Å². The number of nitrogens with one attached hydrogen (secondary N) is 1. The number of benzene rings is 1. The second-order valence-corrected chi connectivity index (χ2v) is 4.26. The molecular formula is C15H16N4O4. The van der Waals surface area contributed by atoms with Crippen molar-refractivity contribution in [2.75, 3.05) is 21.3 Å². The predicted octanol–water partition coefficient (Wildman–Crippen LogP) is 1.27. The maximum atomic E-state index is 12.0. The van der Waals surface area contributed by atoms with E-state index in [1.807, 2.05) is 0 Å². The molecule has 8 heteroatoms. The Balaban J connectivity index is 2.11. The van der Waals surface area contributed by atoms with Crippen LogP contribution in [-0.2, 0) is 0 Å². The first-order valence-electron chi connectivity index (χ1n) is 6.59. The van der Waals surface area contributed by atoms with Gasteiger partial charge in [0.25, 0.3) is 5.91 Å². The van der Waals surface area contributed by atoms with Gasteiger partial charge in [-0.3, -0.25) is 4.79 Å². The van der Waals surface area contributed by atoms with E-state index >= 15 is 0 Å². The number of hydrogen-bond donors (Lipinski definition) is 1. The van der Waals surface area contributed by atoms with E-state index in [2.05, 4.69) is 20.5 Å². The molecule has 1 heterocycles. The maximum absolute atomic E-state index is 12.0. The quantitative estimate of drug-likeness (QED) is 0.637. The predicted molar refractivity (Wildman–Crippen MR) is 83.2 cm³/mol. The first kappa shape index (κ1) is 16.2. The van der Waals surface area contributed by atoms with Gasteiger partial charge in [-0.2, -0.15) is 5.10 Å². The number of amides is 1. The molecule has 8 nitrogen and oxygen atoms in total. The fraction of sp³-hybridized carbons (Fsp3) is 0.200. The van der Waals surface area contributed by atoms with Gasteiger partial charge in [-0.15, -0.1) is 0 Å². The molecule has 0 aliphatic rings. The van der Waals surface area contributed by atoms with Crippen molar-refractivity contribution in [3.05, 3.63) is 41.9 Å². The SMILES string of the molecule is COc1cc(/C=N/NC(=O)c2nccnc2OC)cc(OC)c1. The number of rotatable bonds is 6. The minimum absolute atomic E-state index is 0.0513. The Labute approximate surface area is 133 Å². The highest BCUT2D eigenvalue weighted by Crippen LogP contribution is 2.21. The van der Waals surface area contributed by atoms with Gasteiger partial charge in [-0.25, -0.2) is 15.4 Å². The lowest BCUT2D eigenvalue weighted by molar-refractivity contribution is 0.0946. The molecular weight excluding hydrogens is 300 g/mol. The van der Waals surface area contributed by atoms with Crippen LogP contribution in [-0.4, -0.2) is 43.4 Å². The van der Waals surface area contributed by atoms with Gasteiger partial charge >= 0.3 is 0 Å². The van der Waals surface area contributed by atoms with E-state index in [4.69, 9.17) is 14.2 Å². The molecule has 0 fully saturated rings. The van der Waals surface area contributed by atoms with Crippen molar-refractivity contribution in [3.8, 4) is 17.4 Å². The zero-order valence-corrected chi connectivity index (χ0v) is 12.9. The molecule has 0 spiro atoms. The number of methoxy groups -OCH3 is 3. The average molecular weight is 316 g/mol. The van der Waals surface area contributed by atoms with Crippen LogP contribution in [0.5, 0.6) is 17.4 Å². The topological polar surface area (TPSA) is 94.9 Å². The summed E-state index contributed by atoms with van der Waals surface area (Å²) < 4.78 is 15.3. The molecule has 0 aliphatic heterocycles. The van der Waals surface area contributed by atoms with Gasteiger partial charge in [0.1, 0.15) is 11.5 Å². The molecule has 2 rings (SSSR count). The number of ether oxygens (including phenoxy) is 3. The third-order valence-corrected chi connectivity index (χ3v) is 2.83. The van der Waals surface area contributed by atoms with Crippen molar-refractivity contribution in [3.63, 3.8) is 0 Å². The van der Waals surface area contributed by atoms with Crippen molar-refractivity contribution < 1.29 is 19.0 Å². The highest BCUT2D eigenvalue weighted by Gasteiger charge is 2.13. The second kappa shape index (κ2) is 7.74. The number of hydrogen-bond acceptors (Lipinski definition) is 7. The molecule has 1 N–H and O–H groups in total. The molecule has 0 bridgehead atoms. The third-order valence-electron chi connectivity index (χ3n) is 2.83. The van der Waals surface area contributed by atoms with Crippen LogP contribution < -0.4 is 19.6 Å². The van der Waals surface area contributed by atoms with Crippen molar-refractivity contribution in [2.45, 2.75) is 0 Å². The summed E-state index contributed by atoms with van der Waals surface area (Å²) in [6.07, 6.45) is 4.29. The second-order valence-electron chi connectivity index (χ2n) is 4.26. The Morgan fingerprint density at radius 1 is 1.04 bits per heavy atom. The Morgan fingerprint density at radius 3 is 2.30 bits per heavy atom. The van der Waals surface area contributed by atoms with Gasteiger partial charge in [-0.05, 0) is 12.1 Å². The van der Waals surface area contributed by atoms with E-state index in [1.54, 1.807) is 32.4 Å². The summed E-state index contributed by atoms with van der Waals surface area (Å²) >= 11 is 0. The van der Waals surface area contributed by atoms with E-state index in [-0.39, 0.29) is 11.6 Å². The lowest BCUT2D eigenvalue weighted by Crippen LogP contribution is -2.20. The summed E-state index contributed by atoms with van der Waals surface area (Å²) in [7, 11) is 4.52. The number of hydrazone groups is 1. The Hall–Kier alpha value is -3.16.